The fourth-order valence-corrected chi connectivity index (χ4v) is 2.18. The van der Waals surface area contributed by atoms with Gasteiger partial charge in [-0.05, 0) is 25.5 Å². The van der Waals surface area contributed by atoms with Gasteiger partial charge in [-0.25, -0.2) is 0 Å². The predicted octanol–water partition coefficient (Wildman–Crippen LogP) is 3.08. The Hall–Kier alpha value is -2.28. The summed E-state index contributed by atoms with van der Waals surface area (Å²) in [5.74, 6) is 0.694. The van der Waals surface area contributed by atoms with Crippen LogP contribution in [0.3, 0.4) is 0 Å². The fourth-order valence-electron chi connectivity index (χ4n) is 2.18. The van der Waals surface area contributed by atoms with Crippen LogP contribution in [-0.2, 0) is 6.42 Å². The Morgan fingerprint density at radius 1 is 1.40 bits per heavy atom. The first-order valence-corrected chi connectivity index (χ1v) is 6.83. The Morgan fingerprint density at radius 3 is 2.90 bits per heavy atom. The van der Waals surface area contributed by atoms with Crippen LogP contribution < -0.4 is 10.2 Å². The van der Waals surface area contributed by atoms with Crippen molar-refractivity contribution >= 4 is 10.9 Å². The number of nitriles is 1. The molecule has 1 N–H and O–H groups in total. The Balaban J connectivity index is 2.54. The third kappa shape index (κ3) is 2.67. The van der Waals surface area contributed by atoms with E-state index >= 15 is 0 Å². The first kappa shape index (κ1) is 14.1. The SMILES string of the molecule is CCCCOc1cccc2c(=O)c(CC#N)c(C)[nH]c12. The van der Waals surface area contributed by atoms with Gasteiger partial charge >= 0.3 is 0 Å². The molecular formula is C16H18N2O2. The summed E-state index contributed by atoms with van der Waals surface area (Å²) in [6.45, 7) is 4.56. The minimum atomic E-state index is -0.0845. The van der Waals surface area contributed by atoms with Crippen molar-refractivity contribution in [1.29, 1.82) is 5.26 Å². The Bertz CT molecular complexity index is 711. The van der Waals surface area contributed by atoms with Crippen LogP contribution >= 0.6 is 0 Å². The van der Waals surface area contributed by atoms with Crippen LogP contribution in [-0.4, -0.2) is 11.6 Å². The second-order valence-corrected chi connectivity index (χ2v) is 4.77. The first-order chi connectivity index (χ1) is 9.69. The molecule has 0 atom stereocenters. The minimum Gasteiger partial charge on any atom is -0.491 e. The average molecular weight is 270 g/mol. The number of ether oxygens (including phenoxy) is 1. The second-order valence-electron chi connectivity index (χ2n) is 4.77. The molecular weight excluding hydrogens is 252 g/mol. The van der Waals surface area contributed by atoms with Gasteiger partial charge < -0.3 is 9.72 Å². The molecule has 1 aromatic carbocycles. The highest BCUT2D eigenvalue weighted by Gasteiger charge is 2.11. The lowest BCUT2D eigenvalue weighted by molar-refractivity contribution is 0.312. The number of nitrogens with one attached hydrogen (secondary N) is 1. The molecule has 0 aliphatic carbocycles. The van der Waals surface area contributed by atoms with E-state index in [9.17, 15) is 4.79 Å². The summed E-state index contributed by atoms with van der Waals surface area (Å²) < 4.78 is 5.73. The van der Waals surface area contributed by atoms with Crippen molar-refractivity contribution in [1.82, 2.24) is 4.98 Å². The molecule has 20 heavy (non-hydrogen) atoms. The molecule has 1 aromatic heterocycles. The topological polar surface area (TPSA) is 65.9 Å². The number of pyridine rings is 1. The average Bonchev–Trinajstić information content (AvgIpc) is 2.44. The molecule has 0 amide bonds. The number of aryl methyl sites for hydroxylation is 1. The first-order valence-electron chi connectivity index (χ1n) is 6.83. The zero-order chi connectivity index (χ0) is 14.5. The summed E-state index contributed by atoms with van der Waals surface area (Å²) in [5.41, 5.74) is 1.90. The summed E-state index contributed by atoms with van der Waals surface area (Å²) in [6, 6.07) is 7.47. The molecule has 0 bridgehead atoms. The molecule has 0 aliphatic rings. The number of H-pyrrole nitrogens is 1. The molecule has 0 fully saturated rings. The maximum Gasteiger partial charge on any atom is 0.194 e. The summed E-state index contributed by atoms with van der Waals surface area (Å²) >= 11 is 0. The van der Waals surface area contributed by atoms with Crippen molar-refractivity contribution in [2.24, 2.45) is 0 Å². The van der Waals surface area contributed by atoms with Gasteiger partial charge in [0.2, 0.25) is 0 Å². The zero-order valence-electron chi connectivity index (χ0n) is 11.8. The molecule has 4 heteroatoms. The van der Waals surface area contributed by atoms with Crippen molar-refractivity contribution in [2.75, 3.05) is 6.61 Å². The number of nitrogens with zero attached hydrogens (tertiary/aromatic N) is 1. The molecule has 0 spiro atoms. The number of para-hydroxylation sites is 1. The van der Waals surface area contributed by atoms with E-state index < -0.39 is 0 Å². The Morgan fingerprint density at radius 2 is 2.20 bits per heavy atom. The van der Waals surface area contributed by atoms with E-state index in [2.05, 4.69) is 11.9 Å². The molecule has 0 unspecified atom stereocenters. The monoisotopic (exact) mass is 270 g/mol. The molecule has 4 nitrogen and oxygen atoms in total. The standard InChI is InChI=1S/C16H18N2O2/c1-3-4-10-20-14-7-5-6-13-15(14)18-11(2)12(8-9-17)16(13)19/h5-7H,3-4,8,10H2,1-2H3,(H,18,19). The molecule has 0 saturated heterocycles. The van der Waals surface area contributed by atoms with Crippen molar-refractivity contribution in [2.45, 2.75) is 33.1 Å². The predicted molar refractivity (Wildman–Crippen MR) is 79.0 cm³/mol. The molecule has 0 aliphatic heterocycles. The van der Waals surface area contributed by atoms with Crippen molar-refractivity contribution < 1.29 is 4.74 Å². The van der Waals surface area contributed by atoms with E-state index in [1.807, 2.05) is 25.1 Å². The van der Waals surface area contributed by atoms with Crippen LogP contribution in [0.1, 0.15) is 31.0 Å². The van der Waals surface area contributed by atoms with Crippen LogP contribution in [0.5, 0.6) is 5.75 Å². The third-order valence-electron chi connectivity index (χ3n) is 3.32. The van der Waals surface area contributed by atoms with E-state index in [1.165, 1.54) is 0 Å². The number of aromatic nitrogens is 1. The highest BCUT2D eigenvalue weighted by atomic mass is 16.5. The third-order valence-corrected chi connectivity index (χ3v) is 3.32. The van der Waals surface area contributed by atoms with Crippen LogP contribution in [0, 0.1) is 18.3 Å². The molecule has 0 radical (unpaired) electrons. The Kier molecular flexibility index (Phi) is 4.41. The number of unbranched alkanes of at least 4 members (excludes halogenated alkanes) is 1. The normalized spacial score (nSPS) is 10.4. The number of benzene rings is 1. The lowest BCUT2D eigenvalue weighted by Crippen LogP contribution is -2.13. The van der Waals surface area contributed by atoms with Gasteiger partial charge in [-0.3, -0.25) is 4.79 Å². The number of aromatic amines is 1. The van der Waals surface area contributed by atoms with E-state index in [1.54, 1.807) is 6.07 Å². The zero-order valence-corrected chi connectivity index (χ0v) is 11.8. The molecule has 2 rings (SSSR count). The van der Waals surface area contributed by atoms with E-state index in [-0.39, 0.29) is 11.8 Å². The van der Waals surface area contributed by atoms with Crippen LogP contribution in [0.25, 0.3) is 10.9 Å². The van der Waals surface area contributed by atoms with Gasteiger partial charge in [-0.15, -0.1) is 0 Å². The summed E-state index contributed by atoms with van der Waals surface area (Å²) in [6.07, 6.45) is 2.16. The summed E-state index contributed by atoms with van der Waals surface area (Å²) in [7, 11) is 0. The highest BCUT2D eigenvalue weighted by molar-refractivity contribution is 5.85. The van der Waals surface area contributed by atoms with Gasteiger partial charge in [0.1, 0.15) is 5.75 Å². The lowest BCUT2D eigenvalue weighted by atomic mass is 10.1. The van der Waals surface area contributed by atoms with Crippen LogP contribution in [0.2, 0.25) is 0 Å². The number of hydrogen-bond donors (Lipinski definition) is 1. The van der Waals surface area contributed by atoms with Gasteiger partial charge in [0.05, 0.1) is 24.6 Å². The van der Waals surface area contributed by atoms with Crippen LogP contribution in [0.15, 0.2) is 23.0 Å². The largest absolute Gasteiger partial charge is 0.491 e. The van der Waals surface area contributed by atoms with Crippen LogP contribution in [0.4, 0.5) is 0 Å². The quantitative estimate of drug-likeness (QED) is 0.849. The van der Waals surface area contributed by atoms with Gasteiger partial charge in [0.15, 0.2) is 5.43 Å². The van der Waals surface area contributed by atoms with Crippen molar-refractivity contribution in [3.8, 4) is 11.8 Å². The second kappa shape index (κ2) is 6.25. The number of hydrogen-bond acceptors (Lipinski definition) is 3. The minimum absolute atomic E-state index is 0.0845. The maximum absolute atomic E-state index is 12.4. The number of rotatable bonds is 5. The van der Waals surface area contributed by atoms with Crippen molar-refractivity contribution in [3.05, 3.63) is 39.7 Å². The van der Waals surface area contributed by atoms with E-state index in [0.29, 0.717) is 28.8 Å². The lowest BCUT2D eigenvalue weighted by Gasteiger charge is -2.11. The molecule has 2 aromatic rings. The smallest absolute Gasteiger partial charge is 0.194 e. The van der Waals surface area contributed by atoms with Crippen molar-refractivity contribution in [3.63, 3.8) is 0 Å². The molecule has 104 valence electrons. The summed E-state index contributed by atoms with van der Waals surface area (Å²) in [5, 5.41) is 9.39. The highest BCUT2D eigenvalue weighted by Crippen LogP contribution is 2.23. The van der Waals surface area contributed by atoms with Gasteiger partial charge in [0, 0.05) is 16.6 Å². The van der Waals surface area contributed by atoms with Gasteiger partial charge in [-0.2, -0.15) is 5.26 Å². The number of fused-ring (bicyclic) bond motifs is 1. The van der Waals surface area contributed by atoms with E-state index in [4.69, 9.17) is 10.00 Å². The van der Waals surface area contributed by atoms with Gasteiger partial charge in [0.25, 0.3) is 0 Å². The Labute approximate surface area is 118 Å². The molecule has 0 saturated carbocycles. The van der Waals surface area contributed by atoms with Gasteiger partial charge in [-0.1, -0.05) is 19.4 Å². The fraction of sp³-hybridized carbons (Fsp3) is 0.375. The maximum atomic E-state index is 12.4. The van der Waals surface area contributed by atoms with E-state index in [0.717, 1.165) is 18.5 Å². The molecule has 1 heterocycles. The summed E-state index contributed by atoms with van der Waals surface area (Å²) in [4.78, 5) is 15.6.